The zero-order valence-corrected chi connectivity index (χ0v) is 60.7. The van der Waals surface area contributed by atoms with Crippen molar-refractivity contribution in [1.82, 2.24) is 0 Å². The number of carbonyl (C=O) groups is 2. The van der Waals surface area contributed by atoms with Crippen LogP contribution in [-0.2, 0) is 29.0 Å². The molecule has 16 heteroatoms. The van der Waals surface area contributed by atoms with E-state index >= 15 is 0 Å². The summed E-state index contributed by atoms with van der Waals surface area (Å²) in [6, 6.07) is 105. The van der Waals surface area contributed by atoms with Gasteiger partial charge in [0.1, 0.15) is 0 Å². The van der Waals surface area contributed by atoms with Crippen molar-refractivity contribution in [2.24, 2.45) is 0 Å². The van der Waals surface area contributed by atoms with E-state index in [-0.39, 0.29) is 71.7 Å². The molecule has 0 radical (unpaired) electrons. The third kappa shape index (κ3) is 13.4. The lowest BCUT2D eigenvalue weighted by molar-refractivity contribution is 0.00578. The van der Waals surface area contributed by atoms with Crippen molar-refractivity contribution < 1.29 is 35.7 Å². The lowest BCUT2D eigenvalue weighted by Crippen LogP contribution is -2.41. The Morgan fingerprint density at radius 2 is 0.627 bits per heavy atom. The van der Waals surface area contributed by atoms with Crippen LogP contribution in [0.3, 0.4) is 0 Å². The lowest BCUT2D eigenvalue weighted by Gasteiger charge is -2.32. The van der Waals surface area contributed by atoms with Crippen molar-refractivity contribution in [2.75, 3.05) is 14.7 Å². The number of rotatable bonds is 12. The number of halogens is 2. The average Bonchev–Trinajstić information content (AvgIpc) is 0.885. The molecule has 13 aromatic rings. The van der Waals surface area contributed by atoms with Gasteiger partial charge in [0.2, 0.25) is 19.7 Å². The first-order valence-corrected chi connectivity index (χ1v) is 37.6. The largest absolute Gasteiger partial charge is 0.494 e. The molecule has 3 aliphatic heterocycles. The molecule has 0 aromatic heterocycles. The third-order valence-corrected chi connectivity index (χ3v) is 23.5. The fraction of sp³-hybridized carbons (Fsp3) is 0.0698. The summed E-state index contributed by atoms with van der Waals surface area (Å²) in [5, 5.41) is 0. The first-order chi connectivity index (χ1) is 49.3. The second-order valence-electron chi connectivity index (χ2n) is 25.6. The third-order valence-electron chi connectivity index (χ3n) is 18.7. The number of sulfone groups is 2. The number of ketones is 2. The Morgan fingerprint density at radius 3 is 1.04 bits per heavy atom. The van der Waals surface area contributed by atoms with Crippen molar-refractivity contribution in [1.29, 1.82) is 0 Å². The van der Waals surface area contributed by atoms with Gasteiger partial charge in [0.15, 0.2) is 11.6 Å². The molecule has 0 atom stereocenters. The highest BCUT2D eigenvalue weighted by molar-refractivity contribution is 9.10. The van der Waals surface area contributed by atoms with Gasteiger partial charge in [-0.05, 0) is 229 Å². The fourth-order valence-corrected chi connectivity index (χ4v) is 17.4. The molecular weight excluding hydrogens is 1440 g/mol. The van der Waals surface area contributed by atoms with Crippen LogP contribution in [0, 0.1) is 0 Å². The van der Waals surface area contributed by atoms with E-state index in [9.17, 15) is 26.4 Å². The van der Waals surface area contributed by atoms with Gasteiger partial charge < -0.3 is 24.0 Å². The van der Waals surface area contributed by atoms with Crippen LogP contribution in [0.4, 0.5) is 51.2 Å². The number of anilines is 9. The Kier molecular flexibility index (Phi) is 19.1. The van der Waals surface area contributed by atoms with E-state index in [0.29, 0.717) is 20.1 Å². The van der Waals surface area contributed by atoms with Crippen LogP contribution in [0.5, 0.6) is 0 Å². The van der Waals surface area contributed by atoms with Crippen LogP contribution in [0.25, 0.3) is 22.3 Å². The van der Waals surface area contributed by atoms with Crippen LogP contribution < -0.4 is 20.2 Å². The molecule has 0 N–H and O–H groups in total. The molecule has 1 saturated heterocycles. The first-order valence-electron chi connectivity index (χ1n) is 33.1. The van der Waals surface area contributed by atoms with Gasteiger partial charge >= 0.3 is 7.12 Å². The summed E-state index contributed by atoms with van der Waals surface area (Å²) >= 11 is 6.48. The molecule has 0 saturated carbocycles. The molecule has 502 valence electrons. The molecule has 0 spiro atoms. The SMILES string of the molecule is CC1(C)OB(c2ccc(N(c3ccccc3)c3ccccc3)cc2)OC1(C)C.O=C1c2ccc(-c3ccc(N(c4ccccc4)c4ccccc4)cc3)cc2S(=O)(=O)c2cccc(-c3ccc(N(c4ccccc4)c4ccccc4)cc3)c21.O=C1c2ccc(Br)cc2S(=O)(=O)c2cccc(Br)c21. The smallest absolute Gasteiger partial charge is 0.399 e. The number of fused-ring (bicyclic) bond motifs is 4. The van der Waals surface area contributed by atoms with Crippen LogP contribution >= 0.6 is 31.9 Å². The Morgan fingerprint density at radius 1 is 0.304 bits per heavy atom. The molecular formula is C86H66BBr2N3O8S2. The molecule has 0 unspecified atom stereocenters. The zero-order valence-electron chi connectivity index (χ0n) is 55.9. The Labute approximate surface area is 612 Å². The number of hydrogen-bond acceptors (Lipinski definition) is 11. The quantitative estimate of drug-likeness (QED) is 0.108. The van der Waals surface area contributed by atoms with Crippen LogP contribution in [0.1, 0.15) is 59.5 Å². The lowest BCUT2D eigenvalue weighted by atomic mass is 9.79. The minimum atomic E-state index is -4.02. The van der Waals surface area contributed by atoms with Gasteiger partial charge in [-0.25, -0.2) is 16.8 Å². The zero-order chi connectivity index (χ0) is 70.9. The van der Waals surface area contributed by atoms with Gasteiger partial charge in [0, 0.05) is 76.8 Å². The van der Waals surface area contributed by atoms with E-state index in [1.54, 1.807) is 42.5 Å². The summed E-state index contributed by atoms with van der Waals surface area (Å²) < 4.78 is 67.3. The minimum Gasteiger partial charge on any atom is -0.399 e. The monoisotopic (exact) mass is 1500 g/mol. The second kappa shape index (κ2) is 28.5. The maximum Gasteiger partial charge on any atom is 0.494 e. The fourth-order valence-electron chi connectivity index (χ4n) is 12.9. The molecule has 16 rings (SSSR count). The number of hydrogen-bond donors (Lipinski definition) is 0. The molecule has 3 heterocycles. The molecule has 0 amide bonds. The van der Waals surface area contributed by atoms with E-state index < -0.39 is 19.7 Å². The standard InChI is InChI=1S/C49H34N2O3S.C24H26BNO2.C13H6Br2O3S/c52-49-45-33-28-37(35-24-29-42(30-25-35)50(38-14-5-1-6-15-38)39-16-7-2-8-17-39)34-47(45)55(53,54)46-23-13-22-44(48(46)49)36-26-31-43(32-27-36)51(40-18-9-3-10-19-40)41-20-11-4-12-21-41;1-23(2)24(3,4)28-25(27-23)19-15-17-22(18-16-19)26(20-11-7-5-8-12-20)21-13-9-6-10-14-21;14-7-4-5-8-11(6-7)19(17,18)10-3-1-2-9(15)12(10)13(8)16/h1-34H;5-18H,1-4H3;1-6H. The number of nitrogens with zero attached hydrogens (tertiary/aromatic N) is 3. The molecule has 102 heavy (non-hydrogen) atoms. The molecule has 0 bridgehead atoms. The van der Waals surface area contributed by atoms with Crippen molar-refractivity contribution in [2.45, 2.75) is 58.5 Å². The Balaban J connectivity index is 0.000000154. The van der Waals surface area contributed by atoms with Crippen LogP contribution in [0.2, 0.25) is 0 Å². The molecule has 13 aromatic carbocycles. The summed E-state index contributed by atoms with van der Waals surface area (Å²) in [4.78, 5) is 33.4. The normalized spacial score (nSPS) is 14.6. The first kappa shape index (κ1) is 68.6. The molecule has 11 nitrogen and oxygen atoms in total. The topological polar surface area (TPSA) is 131 Å². The predicted molar refractivity (Wildman–Crippen MR) is 416 cm³/mol. The maximum atomic E-state index is 14.4. The van der Waals surface area contributed by atoms with Crippen molar-refractivity contribution >= 4 is 127 Å². The van der Waals surface area contributed by atoms with E-state index in [0.717, 1.165) is 67.8 Å². The summed E-state index contributed by atoms with van der Waals surface area (Å²) in [6.07, 6.45) is 0. The maximum absolute atomic E-state index is 14.4. The van der Waals surface area contributed by atoms with Gasteiger partial charge in [-0.15, -0.1) is 0 Å². The van der Waals surface area contributed by atoms with Gasteiger partial charge in [0.05, 0.1) is 36.3 Å². The van der Waals surface area contributed by atoms with Crippen LogP contribution in [0.15, 0.2) is 356 Å². The molecule has 0 aliphatic carbocycles. The summed E-state index contributed by atoms with van der Waals surface area (Å²) in [5.74, 6) is -0.585. The van der Waals surface area contributed by atoms with Crippen molar-refractivity contribution in [3.63, 3.8) is 0 Å². The number of para-hydroxylation sites is 6. The van der Waals surface area contributed by atoms with E-state index in [1.165, 1.54) is 18.2 Å². The Hall–Kier alpha value is -10.6. The van der Waals surface area contributed by atoms with Gasteiger partial charge in [-0.2, -0.15) is 0 Å². The summed E-state index contributed by atoms with van der Waals surface area (Å²) in [5.41, 5.74) is 13.3. The molecule has 1 fully saturated rings. The van der Waals surface area contributed by atoms with Gasteiger partial charge in [0.25, 0.3) is 0 Å². The van der Waals surface area contributed by atoms with Crippen molar-refractivity contribution in [3.05, 3.63) is 359 Å². The van der Waals surface area contributed by atoms with E-state index in [2.05, 4.69) is 196 Å². The highest BCUT2D eigenvalue weighted by atomic mass is 79.9. The van der Waals surface area contributed by atoms with E-state index in [4.69, 9.17) is 9.31 Å². The average molecular weight is 1500 g/mol. The van der Waals surface area contributed by atoms with Crippen molar-refractivity contribution in [3.8, 4) is 22.3 Å². The minimum absolute atomic E-state index is 0.0237. The summed E-state index contributed by atoms with van der Waals surface area (Å²) in [6.45, 7) is 8.31. The highest BCUT2D eigenvalue weighted by Gasteiger charge is 2.52. The number of benzene rings is 13. The van der Waals surface area contributed by atoms with Gasteiger partial charge in [-0.1, -0.05) is 186 Å². The van der Waals surface area contributed by atoms with Crippen LogP contribution in [-0.4, -0.2) is 46.7 Å². The van der Waals surface area contributed by atoms with E-state index in [1.807, 2.05) is 146 Å². The Bertz CT molecular complexity index is 5350. The predicted octanol–water partition coefficient (Wildman–Crippen LogP) is 21.4. The second-order valence-corrected chi connectivity index (χ2v) is 31.1. The molecule has 3 aliphatic rings. The summed E-state index contributed by atoms with van der Waals surface area (Å²) in [7, 11) is -8.03. The van der Waals surface area contributed by atoms with Gasteiger partial charge in [-0.3, -0.25) is 9.59 Å². The highest BCUT2D eigenvalue weighted by Crippen LogP contribution is 2.45. The number of carbonyl (C=O) groups excluding carboxylic acids is 2.